The zero-order valence-corrected chi connectivity index (χ0v) is 14.7. The molecule has 0 radical (unpaired) electrons. The third-order valence-electron chi connectivity index (χ3n) is 3.01. The lowest BCUT2D eigenvalue weighted by Crippen LogP contribution is -2.28. The van der Waals surface area contributed by atoms with E-state index in [0.717, 1.165) is 10.0 Å². The molecule has 1 N–H and O–H groups in total. The summed E-state index contributed by atoms with van der Waals surface area (Å²) in [6.45, 7) is 3.73. The van der Waals surface area contributed by atoms with Gasteiger partial charge in [-0.05, 0) is 26.0 Å². The molecule has 7 nitrogen and oxygen atoms in total. The molecule has 9 heteroatoms. The van der Waals surface area contributed by atoms with Gasteiger partial charge in [0.25, 0.3) is 0 Å². The number of pyridine rings is 1. The molecule has 0 aliphatic carbocycles. The van der Waals surface area contributed by atoms with Gasteiger partial charge >= 0.3 is 0 Å². The van der Waals surface area contributed by atoms with Gasteiger partial charge in [0.05, 0.1) is 5.75 Å². The Kier molecular flexibility index (Phi) is 5.21. The number of thioether (sulfide) groups is 1. The number of carbonyl (C=O) groups is 1. The van der Waals surface area contributed by atoms with Crippen LogP contribution in [0.5, 0.6) is 0 Å². The highest BCUT2D eigenvalue weighted by Gasteiger charge is 2.18. The Bertz CT molecular complexity index is 818. The van der Waals surface area contributed by atoms with Crippen molar-refractivity contribution < 1.29 is 9.32 Å². The minimum atomic E-state index is -0.374. The van der Waals surface area contributed by atoms with Crippen LogP contribution in [0.1, 0.15) is 24.6 Å². The largest absolute Gasteiger partial charge is 0.344 e. The van der Waals surface area contributed by atoms with Crippen LogP contribution in [0.15, 0.2) is 38.6 Å². The molecule has 3 aromatic rings. The number of aromatic nitrogens is 4. The van der Waals surface area contributed by atoms with Crippen molar-refractivity contribution in [3.05, 3.63) is 41.4 Å². The summed E-state index contributed by atoms with van der Waals surface area (Å²) in [4.78, 5) is 24.8. The Labute approximate surface area is 146 Å². The summed E-state index contributed by atoms with van der Waals surface area (Å²) < 4.78 is 6.10. The molecule has 0 fully saturated rings. The van der Waals surface area contributed by atoms with Crippen LogP contribution in [0.25, 0.3) is 11.5 Å². The van der Waals surface area contributed by atoms with Crippen LogP contribution in [0.2, 0.25) is 0 Å². The van der Waals surface area contributed by atoms with Gasteiger partial charge in [0.2, 0.25) is 17.6 Å². The maximum absolute atomic E-state index is 12.0. The second-order valence-corrected chi connectivity index (χ2v) is 7.08. The third-order valence-corrected chi connectivity index (χ3v) is 5.15. The predicted molar refractivity (Wildman–Crippen MR) is 91.7 cm³/mol. The van der Waals surface area contributed by atoms with Crippen LogP contribution in [0, 0.1) is 6.92 Å². The fourth-order valence-electron chi connectivity index (χ4n) is 1.88. The number of hydrogen-bond acceptors (Lipinski definition) is 8. The molecule has 1 atom stereocenters. The van der Waals surface area contributed by atoms with Crippen molar-refractivity contribution in [2.24, 2.45) is 0 Å². The molecule has 124 valence electrons. The van der Waals surface area contributed by atoms with Gasteiger partial charge in [0.1, 0.15) is 11.7 Å². The molecule has 0 aromatic carbocycles. The van der Waals surface area contributed by atoms with E-state index in [0.29, 0.717) is 23.2 Å². The Morgan fingerprint density at radius 3 is 3.00 bits per heavy atom. The molecule has 0 aliphatic rings. The molecular formula is C15H15N5O2S2. The van der Waals surface area contributed by atoms with E-state index < -0.39 is 0 Å². The Hall–Kier alpha value is -2.26. The molecule has 0 aliphatic heterocycles. The average Bonchev–Trinajstić information content (AvgIpc) is 3.23. The molecule has 24 heavy (non-hydrogen) atoms. The van der Waals surface area contributed by atoms with E-state index in [4.69, 9.17) is 4.52 Å². The van der Waals surface area contributed by atoms with Gasteiger partial charge in [-0.3, -0.25) is 9.78 Å². The molecular weight excluding hydrogens is 346 g/mol. The van der Waals surface area contributed by atoms with Crippen LogP contribution in [0.3, 0.4) is 0 Å². The van der Waals surface area contributed by atoms with Gasteiger partial charge in [-0.1, -0.05) is 23.0 Å². The Balaban J connectivity index is 1.55. The number of nitrogens with zero attached hydrogens (tertiary/aromatic N) is 4. The SMILES string of the molecule is Cc1csc(SCC(=O)NC(C)c2nc(-c3ccccn3)no2)n1. The first-order valence-electron chi connectivity index (χ1n) is 7.21. The smallest absolute Gasteiger partial charge is 0.249 e. The quantitative estimate of drug-likeness (QED) is 0.675. The fraction of sp³-hybridized carbons (Fsp3) is 0.267. The first-order valence-corrected chi connectivity index (χ1v) is 9.07. The van der Waals surface area contributed by atoms with Crippen LogP contribution in [-0.2, 0) is 4.79 Å². The number of hydrogen-bond donors (Lipinski definition) is 1. The zero-order valence-electron chi connectivity index (χ0n) is 13.1. The van der Waals surface area contributed by atoms with E-state index >= 15 is 0 Å². The molecule has 0 bridgehead atoms. The summed E-state index contributed by atoms with van der Waals surface area (Å²) in [7, 11) is 0. The molecule has 3 rings (SSSR count). The maximum Gasteiger partial charge on any atom is 0.249 e. The van der Waals surface area contributed by atoms with Crippen molar-refractivity contribution in [2.45, 2.75) is 24.2 Å². The number of rotatable bonds is 6. The normalized spacial score (nSPS) is 12.1. The molecule has 1 unspecified atom stereocenters. The molecule has 1 amide bonds. The average molecular weight is 361 g/mol. The minimum Gasteiger partial charge on any atom is -0.344 e. The van der Waals surface area contributed by atoms with E-state index in [-0.39, 0.29) is 11.9 Å². The van der Waals surface area contributed by atoms with E-state index in [1.54, 1.807) is 19.2 Å². The van der Waals surface area contributed by atoms with Crippen LogP contribution < -0.4 is 5.32 Å². The first kappa shape index (κ1) is 16.6. The molecule has 3 heterocycles. The van der Waals surface area contributed by atoms with Crippen molar-refractivity contribution in [2.75, 3.05) is 5.75 Å². The third kappa shape index (κ3) is 4.18. The van der Waals surface area contributed by atoms with Crippen molar-refractivity contribution >= 4 is 29.0 Å². The van der Waals surface area contributed by atoms with E-state index in [9.17, 15) is 4.79 Å². The first-order chi connectivity index (χ1) is 11.6. The highest BCUT2D eigenvalue weighted by molar-refractivity contribution is 8.01. The van der Waals surface area contributed by atoms with E-state index in [1.807, 2.05) is 24.4 Å². The van der Waals surface area contributed by atoms with Gasteiger partial charge < -0.3 is 9.84 Å². The second kappa shape index (κ2) is 7.54. The summed E-state index contributed by atoms with van der Waals surface area (Å²) >= 11 is 2.94. The summed E-state index contributed by atoms with van der Waals surface area (Å²) in [6.07, 6.45) is 1.66. The van der Waals surface area contributed by atoms with Gasteiger partial charge in [0.15, 0.2) is 4.34 Å². The monoisotopic (exact) mass is 361 g/mol. The lowest BCUT2D eigenvalue weighted by atomic mass is 10.3. The van der Waals surface area contributed by atoms with Gasteiger partial charge in [0, 0.05) is 17.3 Å². The number of carbonyl (C=O) groups excluding carboxylic acids is 1. The van der Waals surface area contributed by atoms with Crippen molar-refractivity contribution in [3.63, 3.8) is 0 Å². The van der Waals surface area contributed by atoms with Gasteiger partial charge in [-0.2, -0.15) is 4.98 Å². The fourth-order valence-corrected chi connectivity index (χ4v) is 3.54. The summed E-state index contributed by atoms with van der Waals surface area (Å²) in [5.41, 5.74) is 1.59. The van der Waals surface area contributed by atoms with Crippen molar-refractivity contribution in [1.82, 2.24) is 25.4 Å². The second-order valence-electron chi connectivity index (χ2n) is 5.00. The number of thiazole rings is 1. The Morgan fingerprint density at radius 1 is 1.42 bits per heavy atom. The molecule has 3 aromatic heterocycles. The van der Waals surface area contributed by atoms with Gasteiger partial charge in [-0.15, -0.1) is 11.3 Å². The molecule has 0 saturated heterocycles. The lowest BCUT2D eigenvalue weighted by Gasteiger charge is -2.08. The minimum absolute atomic E-state index is 0.113. The summed E-state index contributed by atoms with van der Waals surface area (Å²) in [5.74, 6) is 0.926. The van der Waals surface area contributed by atoms with Crippen LogP contribution in [0.4, 0.5) is 0 Å². The highest BCUT2D eigenvalue weighted by Crippen LogP contribution is 2.22. The van der Waals surface area contributed by atoms with Crippen molar-refractivity contribution in [3.8, 4) is 11.5 Å². The molecule has 0 spiro atoms. The standard InChI is InChI=1S/C15H15N5O2S2/c1-9-7-23-15(17-9)24-8-12(21)18-10(2)14-19-13(20-22-14)11-5-3-4-6-16-11/h3-7,10H,8H2,1-2H3,(H,18,21). The van der Waals surface area contributed by atoms with Crippen LogP contribution >= 0.6 is 23.1 Å². The van der Waals surface area contributed by atoms with Crippen LogP contribution in [-0.4, -0.2) is 31.8 Å². The zero-order chi connectivity index (χ0) is 16.9. The summed E-state index contributed by atoms with van der Waals surface area (Å²) in [5, 5.41) is 8.69. The van der Waals surface area contributed by atoms with E-state index in [1.165, 1.54) is 23.1 Å². The highest BCUT2D eigenvalue weighted by atomic mass is 32.2. The van der Waals surface area contributed by atoms with E-state index in [2.05, 4.69) is 25.4 Å². The molecule has 0 saturated carbocycles. The topological polar surface area (TPSA) is 93.8 Å². The maximum atomic E-state index is 12.0. The number of amides is 1. The Morgan fingerprint density at radius 2 is 2.29 bits per heavy atom. The lowest BCUT2D eigenvalue weighted by molar-refractivity contribution is -0.119. The number of aryl methyl sites for hydroxylation is 1. The predicted octanol–water partition coefficient (Wildman–Crippen LogP) is 2.87. The van der Waals surface area contributed by atoms with Crippen molar-refractivity contribution in [1.29, 1.82) is 0 Å². The van der Waals surface area contributed by atoms with Gasteiger partial charge in [-0.25, -0.2) is 4.98 Å². The summed E-state index contributed by atoms with van der Waals surface area (Å²) in [6, 6.07) is 5.08. The number of nitrogens with one attached hydrogen (secondary N) is 1.